The third kappa shape index (κ3) is 3.39. The van der Waals surface area contributed by atoms with Crippen molar-refractivity contribution in [3.05, 3.63) is 95.6 Å². The Kier molecular flexibility index (Phi) is 5.50. The zero-order valence-corrected chi connectivity index (χ0v) is 14.6. The predicted octanol–water partition coefficient (Wildman–Crippen LogP) is 4.56. The molecule has 0 radical (unpaired) electrons. The van der Waals surface area contributed by atoms with Crippen LogP contribution in [0.15, 0.2) is 88.8 Å². The Morgan fingerprint density at radius 2 is 1.33 bits per heavy atom. The lowest BCUT2D eigenvalue weighted by Crippen LogP contribution is -2.31. The van der Waals surface area contributed by atoms with Gasteiger partial charge in [-0.1, -0.05) is 66.7 Å². The summed E-state index contributed by atoms with van der Waals surface area (Å²) in [6.45, 7) is 0. The molecule has 0 aromatic heterocycles. The second-order valence-corrected chi connectivity index (χ2v) is 5.72. The van der Waals surface area contributed by atoms with Crippen LogP contribution in [0, 0.1) is 0 Å². The molecule has 5 heteroatoms. The fourth-order valence-electron chi connectivity index (χ4n) is 3.25. The first-order valence-corrected chi connectivity index (χ1v) is 8.22. The van der Waals surface area contributed by atoms with Crippen LogP contribution >= 0.6 is 0 Å². The summed E-state index contributed by atoms with van der Waals surface area (Å²) >= 11 is 0. The number of benzene rings is 3. The van der Waals surface area contributed by atoms with Gasteiger partial charge in [0, 0.05) is 12.7 Å². The topological polar surface area (TPSA) is 68.1 Å². The van der Waals surface area contributed by atoms with Gasteiger partial charge in [0.2, 0.25) is 12.2 Å². The minimum absolute atomic E-state index is 0.316. The molecular formula is C22H16N2O3. The normalized spacial score (nSPS) is 10.6. The smallest absolute Gasteiger partial charge is 0.240 e. The maximum Gasteiger partial charge on any atom is 0.240 e. The van der Waals surface area contributed by atoms with Crippen molar-refractivity contribution < 1.29 is 14.3 Å². The molecule has 3 rings (SSSR count). The van der Waals surface area contributed by atoms with E-state index in [4.69, 9.17) is 4.74 Å². The molecule has 0 amide bonds. The van der Waals surface area contributed by atoms with Crippen molar-refractivity contribution in [2.24, 2.45) is 9.98 Å². The van der Waals surface area contributed by atoms with Gasteiger partial charge in [-0.05, 0) is 23.3 Å². The Morgan fingerprint density at radius 3 is 1.81 bits per heavy atom. The van der Waals surface area contributed by atoms with E-state index in [-0.39, 0.29) is 0 Å². The van der Waals surface area contributed by atoms with Gasteiger partial charge < -0.3 is 4.74 Å². The molecular weight excluding hydrogens is 340 g/mol. The number of carbonyl (C=O) groups excluding carboxylic acids is 2. The Morgan fingerprint density at radius 1 is 0.778 bits per heavy atom. The van der Waals surface area contributed by atoms with Crippen LogP contribution in [0.5, 0.6) is 0 Å². The number of rotatable bonds is 6. The lowest BCUT2D eigenvalue weighted by molar-refractivity contribution is 0.0590. The molecule has 0 fully saturated rings. The van der Waals surface area contributed by atoms with Gasteiger partial charge >= 0.3 is 0 Å². The third-order valence-corrected chi connectivity index (χ3v) is 4.37. The highest BCUT2D eigenvalue weighted by Crippen LogP contribution is 2.44. The summed E-state index contributed by atoms with van der Waals surface area (Å²) in [6.07, 6.45) is 3.06. The molecule has 3 aromatic rings. The predicted molar refractivity (Wildman–Crippen MR) is 102 cm³/mol. The van der Waals surface area contributed by atoms with E-state index in [1.54, 1.807) is 25.3 Å². The lowest BCUT2D eigenvalue weighted by atomic mass is 9.79. The molecule has 0 saturated carbocycles. The molecule has 132 valence electrons. The van der Waals surface area contributed by atoms with Crippen LogP contribution in [-0.4, -0.2) is 19.3 Å². The first-order valence-electron chi connectivity index (χ1n) is 8.22. The van der Waals surface area contributed by atoms with Gasteiger partial charge in [-0.2, -0.15) is 9.98 Å². The van der Waals surface area contributed by atoms with Crippen molar-refractivity contribution in [3.8, 4) is 0 Å². The first-order chi connectivity index (χ1) is 13.3. The second kappa shape index (κ2) is 8.17. The quantitative estimate of drug-likeness (QED) is 0.369. The molecule has 3 aromatic carbocycles. The highest BCUT2D eigenvalue weighted by molar-refractivity contribution is 5.67. The molecule has 0 unspecified atom stereocenters. The van der Waals surface area contributed by atoms with Gasteiger partial charge in [-0.3, -0.25) is 0 Å². The number of nitrogens with zero attached hydrogens (tertiary/aromatic N) is 2. The molecule has 0 bridgehead atoms. The summed E-state index contributed by atoms with van der Waals surface area (Å²) in [5, 5.41) is 0. The fourth-order valence-corrected chi connectivity index (χ4v) is 3.25. The Balaban J connectivity index is 2.38. The number of isocyanates is 2. The molecule has 5 nitrogen and oxygen atoms in total. The van der Waals surface area contributed by atoms with E-state index in [2.05, 4.69) is 9.98 Å². The Labute approximate surface area is 156 Å². The number of aliphatic imine (C=N–C) groups is 2. The molecule has 27 heavy (non-hydrogen) atoms. The highest BCUT2D eigenvalue weighted by atomic mass is 16.5. The van der Waals surface area contributed by atoms with Crippen LogP contribution in [0.3, 0.4) is 0 Å². The summed E-state index contributed by atoms with van der Waals surface area (Å²) in [7, 11) is 1.60. The van der Waals surface area contributed by atoms with E-state index >= 15 is 0 Å². The van der Waals surface area contributed by atoms with Crippen LogP contribution in [0.25, 0.3) is 0 Å². The molecule has 0 aliphatic carbocycles. The largest absolute Gasteiger partial charge is 0.364 e. The maximum atomic E-state index is 11.0. The zero-order chi connectivity index (χ0) is 19.1. The minimum atomic E-state index is -1.01. The van der Waals surface area contributed by atoms with Crippen molar-refractivity contribution in [2.45, 2.75) is 5.60 Å². The van der Waals surface area contributed by atoms with Crippen molar-refractivity contribution in [2.75, 3.05) is 7.11 Å². The summed E-state index contributed by atoms with van der Waals surface area (Å²) < 4.78 is 6.09. The average molecular weight is 356 g/mol. The number of ether oxygens (including phenoxy) is 1. The van der Waals surface area contributed by atoms with Gasteiger partial charge in [0.05, 0.1) is 11.4 Å². The van der Waals surface area contributed by atoms with Crippen LogP contribution in [0.4, 0.5) is 11.4 Å². The number of hydrogen-bond donors (Lipinski definition) is 0. The molecule has 0 N–H and O–H groups in total. The maximum absolute atomic E-state index is 11.0. The molecule has 0 atom stereocenters. The van der Waals surface area contributed by atoms with E-state index in [1.165, 1.54) is 12.1 Å². The monoisotopic (exact) mass is 356 g/mol. The Bertz CT molecular complexity index is 980. The van der Waals surface area contributed by atoms with Gasteiger partial charge in [-0.15, -0.1) is 0 Å². The Hall–Kier alpha value is -3.62. The molecule has 0 aliphatic rings. The van der Waals surface area contributed by atoms with Gasteiger partial charge in [0.15, 0.2) is 0 Å². The molecule has 0 aliphatic heterocycles. The minimum Gasteiger partial charge on any atom is -0.364 e. The van der Waals surface area contributed by atoms with Crippen LogP contribution < -0.4 is 0 Å². The van der Waals surface area contributed by atoms with E-state index in [0.717, 1.165) is 11.1 Å². The van der Waals surface area contributed by atoms with Gasteiger partial charge in [-0.25, -0.2) is 9.59 Å². The van der Waals surface area contributed by atoms with Gasteiger partial charge in [0.25, 0.3) is 0 Å². The third-order valence-electron chi connectivity index (χ3n) is 4.37. The summed E-state index contributed by atoms with van der Waals surface area (Å²) in [5.41, 5.74) is 2.02. The van der Waals surface area contributed by atoms with E-state index in [1.807, 2.05) is 60.7 Å². The van der Waals surface area contributed by atoms with Crippen LogP contribution in [0.2, 0.25) is 0 Å². The van der Waals surface area contributed by atoms with Crippen molar-refractivity contribution in [3.63, 3.8) is 0 Å². The lowest BCUT2D eigenvalue weighted by Gasteiger charge is -2.35. The molecule has 0 spiro atoms. The zero-order valence-electron chi connectivity index (χ0n) is 14.6. The van der Waals surface area contributed by atoms with Crippen LogP contribution in [-0.2, 0) is 19.9 Å². The summed E-state index contributed by atoms with van der Waals surface area (Å²) in [5.74, 6) is 0. The molecule has 0 saturated heterocycles. The van der Waals surface area contributed by atoms with Crippen molar-refractivity contribution in [1.29, 1.82) is 0 Å². The number of hydrogen-bond acceptors (Lipinski definition) is 5. The van der Waals surface area contributed by atoms with E-state index in [9.17, 15) is 9.59 Å². The van der Waals surface area contributed by atoms with Crippen molar-refractivity contribution >= 4 is 23.5 Å². The highest BCUT2D eigenvalue weighted by Gasteiger charge is 2.38. The summed E-state index contributed by atoms with van der Waals surface area (Å²) in [4.78, 5) is 29.1. The molecule has 0 heterocycles. The summed E-state index contributed by atoms with van der Waals surface area (Å²) in [6, 6.07) is 24.2. The van der Waals surface area contributed by atoms with E-state index in [0.29, 0.717) is 16.9 Å². The first kappa shape index (κ1) is 18.2. The van der Waals surface area contributed by atoms with Gasteiger partial charge in [0.1, 0.15) is 5.60 Å². The van der Waals surface area contributed by atoms with Crippen LogP contribution in [0.1, 0.15) is 16.7 Å². The fraction of sp³-hybridized carbons (Fsp3) is 0.0909. The van der Waals surface area contributed by atoms with Crippen molar-refractivity contribution in [1.82, 2.24) is 0 Å². The standard InChI is InChI=1S/C22H16N2O3/c1-27-22(17-8-4-2-5-9-17,18-10-6-3-7-11-18)20-13-12-19(23-15-25)14-21(20)24-16-26/h2-14H,1H3. The number of methoxy groups -OCH3 is 1. The van der Waals surface area contributed by atoms with E-state index < -0.39 is 5.60 Å². The average Bonchev–Trinajstić information content (AvgIpc) is 2.72. The second-order valence-electron chi connectivity index (χ2n) is 5.72. The SMILES string of the molecule is COC(c1ccccc1)(c1ccccc1)c1ccc(N=C=O)cc1N=C=O.